The second-order valence-corrected chi connectivity index (χ2v) is 9.93. The highest BCUT2D eigenvalue weighted by Crippen LogP contribution is 2.53. The maximum absolute atomic E-state index is 6.50. The Labute approximate surface area is 88.7 Å². The fourth-order valence-electron chi connectivity index (χ4n) is 3.36. The Hall–Kier alpha value is -0.0831. The molecule has 0 spiro atoms. The van der Waals surface area contributed by atoms with Gasteiger partial charge in [0.05, 0.1) is 5.60 Å². The molecule has 1 aliphatic carbocycles. The van der Waals surface area contributed by atoms with Gasteiger partial charge in [0, 0.05) is 0 Å². The summed E-state index contributed by atoms with van der Waals surface area (Å²) in [7, 11) is -1.38. The minimum atomic E-state index is -1.38. The molecule has 0 N–H and O–H groups in total. The Morgan fingerprint density at radius 2 is 2.14 bits per heavy atom. The van der Waals surface area contributed by atoms with Gasteiger partial charge in [-0.05, 0) is 43.0 Å². The van der Waals surface area contributed by atoms with Crippen LogP contribution in [0.2, 0.25) is 19.1 Å². The van der Waals surface area contributed by atoms with Crippen LogP contribution >= 0.6 is 0 Å². The molecule has 1 aliphatic heterocycles. The maximum Gasteiger partial charge on any atom is 0.192 e. The van der Waals surface area contributed by atoms with Gasteiger partial charge in [-0.1, -0.05) is 26.8 Å². The van der Waals surface area contributed by atoms with Gasteiger partial charge in [-0.2, -0.15) is 0 Å². The standard InChI is InChI=1S/C12H22OSi/c1-9(2)12-10(3)6-7-11(12)8-14(4,5)13-12/h7,9-10H,6,8H2,1-5H3/t10-,12-/m0/s1. The SMILES string of the molecule is CC(C)[C@@]12O[Si](C)(C)CC1=CC[C@@H]2C. The molecule has 0 aromatic heterocycles. The molecule has 2 aliphatic rings. The van der Waals surface area contributed by atoms with Crippen molar-refractivity contribution in [2.24, 2.45) is 11.8 Å². The summed E-state index contributed by atoms with van der Waals surface area (Å²) < 4.78 is 6.50. The average molecular weight is 210 g/mol. The summed E-state index contributed by atoms with van der Waals surface area (Å²) in [4.78, 5) is 0. The average Bonchev–Trinajstić information content (AvgIpc) is 2.46. The summed E-state index contributed by atoms with van der Waals surface area (Å²) in [5, 5.41) is 0. The van der Waals surface area contributed by atoms with Gasteiger partial charge in [-0.15, -0.1) is 0 Å². The van der Waals surface area contributed by atoms with E-state index in [9.17, 15) is 0 Å². The second kappa shape index (κ2) is 2.95. The van der Waals surface area contributed by atoms with Crippen molar-refractivity contribution in [1.29, 1.82) is 0 Å². The predicted molar refractivity (Wildman–Crippen MR) is 62.8 cm³/mol. The van der Waals surface area contributed by atoms with Crippen molar-refractivity contribution in [1.82, 2.24) is 0 Å². The first kappa shape index (κ1) is 10.4. The zero-order valence-corrected chi connectivity index (χ0v) is 11.1. The van der Waals surface area contributed by atoms with Crippen LogP contribution in [0.3, 0.4) is 0 Å². The van der Waals surface area contributed by atoms with Crippen molar-refractivity contribution in [2.75, 3.05) is 0 Å². The molecule has 0 amide bonds. The third-order valence-corrected chi connectivity index (χ3v) is 5.99. The van der Waals surface area contributed by atoms with E-state index < -0.39 is 8.32 Å². The van der Waals surface area contributed by atoms with E-state index in [4.69, 9.17) is 4.43 Å². The molecule has 2 rings (SSSR count). The van der Waals surface area contributed by atoms with Crippen LogP contribution < -0.4 is 0 Å². The molecule has 2 atom stereocenters. The monoisotopic (exact) mass is 210 g/mol. The van der Waals surface area contributed by atoms with E-state index in [1.165, 1.54) is 12.5 Å². The molecule has 0 saturated carbocycles. The Morgan fingerprint density at radius 3 is 2.64 bits per heavy atom. The number of hydrogen-bond donors (Lipinski definition) is 0. The molecule has 0 bridgehead atoms. The zero-order valence-electron chi connectivity index (χ0n) is 10.1. The van der Waals surface area contributed by atoms with Crippen LogP contribution in [0, 0.1) is 11.8 Å². The zero-order chi connectivity index (χ0) is 10.6. The Bertz CT molecular complexity index is 280. The van der Waals surface area contributed by atoms with Crippen LogP contribution in [0.4, 0.5) is 0 Å². The first-order valence-corrected chi connectivity index (χ1v) is 8.90. The van der Waals surface area contributed by atoms with E-state index >= 15 is 0 Å². The summed E-state index contributed by atoms with van der Waals surface area (Å²) >= 11 is 0. The lowest BCUT2D eigenvalue weighted by Gasteiger charge is -2.38. The molecular weight excluding hydrogens is 188 g/mol. The largest absolute Gasteiger partial charge is 0.407 e. The number of allylic oxidation sites excluding steroid dienone is 1. The molecule has 1 fully saturated rings. The molecule has 14 heavy (non-hydrogen) atoms. The van der Waals surface area contributed by atoms with E-state index in [2.05, 4.69) is 39.9 Å². The van der Waals surface area contributed by atoms with Crippen molar-refractivity contribution >= 4 is 8.32 Å². The molecule has 80 valence electrons. The minimum absolute atomic E-state index is 0.121. The summed E-state index contributed by atoms with van der Waals surface area (Å²) in [5.74, 6) is 1.31. The fraction of sp³-hybridized carbons (Fsp3) is 0.833. The van der Waals surface area contributed by atoms with Crippen molar-refractivity contribution in [3.05, 3.63) is 11.6 Å². The topological polar surface area (TPSA) is 9.23 Å². The van der Waals surface area contributed by atoms with Crippen LogP contribution in [0.5, 0.6) is 0 Å². The van der Waals surface area contributed by atoms with Gasteiger partial charge >= 0.3 is 0 Å². The Balaban J connectivity index is 2.40. The summed E-state index contributed by atoms with van der Waals surface area (Å²) in [6.45, 7) is 11.7. The predicted octanol–water partition coefficient (Wildman–Crippen LogP) is 3.58. The lowest BCUT2D eigenvalue weighted by molar-refractivity contribution is 0.0273. The van der Waals surface area contributed by atoms with Crippen LogP contribution in [-0.4, -0.2) is 13.9 Å². The number of rotatable bonds is 1. The molecule has 1 saturated heterocycles. The molecule has 2 heteroatoms. The summed E-state index contributed by atoms with van der Waals surface area (Å²) in [6.07, 6.45) is 3.67. The first-order valence-electron chi connectivity index (χ1n) is 5.78. The highest BCUT2D eigenvalue weighted by Gasteiger charge is 2.55. The molecule has 0 aromatic rings. The number of fused-ring (bicyclic) bond motifs is 1. The normalized spacial score (nSPS) is 40.1. The van der Waals surface area contributed by atoms with Gasteiger partial charge in [0.15, 0.2) is 8.32 Å². The highest BCUT2D eigenvalue weighted by atomic mass is 28.4. The quantitative estimate of drug-likeness (QED) is 0.475. The van der Waals surface area contributed by atoms with Crippen LogP contribution in [0.25, 0.3) is 0 Å². The molecule has 1 nitrogen and oxygen atoms in total. The maximum atomic E-state index is 6.50. The fourth-order valence-corrected chi connectivity index (χ4v) is 6.25. The summed E-state index contributed by atoms with van der Waals surface area (Å²) in [5.41, 5.74) is 1.74. The number of hydrogen-bond acceptors (Lipinski definition) is 1. The Kier molecular flexibility index (Phi) is 2.20. The van der Waals surface area contributed by atoms with Crippen LogP contribution in [0.1, 0.15) is 27.2 Å². The second-order valence-electron chi connectivity index (χ2n) is 5.85. The van der Waals surface area contributed by atoms with Crippen LogP contribution in [-0.2, 0) is 4.43 Å². The van der Waals surface area contributed by atoms with Gasteiger partial charge in [0.25, 0.3) is 0 Å². The molecule has 0 unspecified atom stereocenters. The molecular formula is C12H22OSi. The lowest BCUT2D eigenvalue weighted by Crippen LogP contribution is -2.43. The van der Waals surface area contributed by atoms with E-state index in [1.807, 2.05) is 0 Å². The molecule has 0 radical (unpaired) electrons. The summed E-state index contributed by atoms with van der Waals surface area (Å²) in [6, 6.07) is 1.26. The van der Waals surface area contributed by atoms with Gasteiger partial charge in [0.1, 0.15) is 0 Å². The van der Waals surface area contributed by atoms with Crippen molar-refractivity contribution < 1.29 is 4.43 Å². The van der Waals surface area contributed by atoms with E-state index in [-0.39, 0.29) is 5.60 Å². The molecule has 0 aromatic carbocycles. The van der Waals surface area contributed by atoms with E-state index in [1.54, 1.807) is 5.57 Å². The minimum Gasteiger partial charge on any atom is -0.407 e. The van der Waals surface area contributed by atoms with Crippen molar-refractivity contribution in [2.45, 2.75) is 51.9 Å². The highest BCUT2D eigenvalue weighted by molar-refractivity contribution is 6.72. The van der Waals surface area contributed by atoms with Gasteiger partial charge in [-0.3, -0.25) is 0 Å². The third-order valence-electron chi connectivity index (χ3n) is 3.87. The first-order chi connectivity index (χ1) is 6.38. The van der Waals surface area contributed by atoms with Crippen molar-refractivity contribution in [3.8, 4) is 0 Å². The third kappa shape index (κ3) is 1.23. The molecule has 1 heterocycles. The van der Waals surface area contributed by atoms with Crippen molar-refractivity contribution in [3.63, 3.8) is 0 Å². The van der Waals surface area contributed by atoms with E-state index in [0.29, 0.717) is 11.8 Å². The van der Waals surface area contributed by atoms with Gasteiger partial charge in [0.2, 0.25) is 0 Å². The smallest absolute Gasteiger partial charge is 0.192 e. The Morgan fingerprint density at radius 1 is 1.50 bits per heavy atom. The van der Waals surface area contributed by atoms with Crippen LogP contribution in [0.15, 0.2) is 11.6 Å². The lowest BCUT2D eigenvalue weighted by atomic mass is 9.78. The van der Waals surface area contributed by atoms with Gasteiger partial charge < -0.3 is 4.43 Å². The van der Waals surface area contributed by atoms with Gasteiger partial charge in [-0.25, -0.2) is 0 Å². The van der Waals surface area contributed by atoms with E-state index in [0.717, 1.165) is 0 Å².